The first-order chi connectivity index (χ1) is 7.81. The van der Waals surface area contributed by atoms with Crippen molar-refractivity contribution < 1.29 is 9.53 Å². The number of likely N-dealkylation sites (N-methyl/N-ethyl adjacent to an activating group) is 1. The summed E-state index contributed by atoms with van der Waals surface area (Å²) in [7, 11) is 1.86. The molecule has 0 radical (unpaired) electrons. The summed E-state index contributed by atoms with van der Waals surface area (Å²) < 4.78 is 5.67. The molecular formula is C12H22N2O2. The third kappa shape index (κ3) is 2.74. The predicted molar refractivity (Wildman–Crippen MR) is 62.3 cm³/mol. The van der Waals surface area contributed by atoms with E-state index in [-0.39, 0.29) is 11.9 Å². The van der Waals surface area contributed by atoms with Crippen molar-refractivity contribution in [1.82, 2.24) is 10.2 Å². The Balaban J connectivity index is 1.71. The topological polar surface area (TPSA) is 41.6 Å². The molecule has 2 atom stereocenters. The van der Waals surface area contributed by atoms with Crippen molar-refractivity contribution >= 4 is 5.91 Å². The first kappa shape index (κ1) is 11.9. The molecule has 2 heterocycles. The van der Waals surface area contributed by atoms with Gasteiger partial charge in [-0.05, 0) is 39.2 Å². The zero-order chi connectivity index (χ0) is 11.4. The molecule has 4 heteroatoms. The quantitative estimate of drug-likeness (QED) is 0.769. The van der Waals surface area contributed by atoms with Gasteiger partial charge in [0.1, 0.15) is 0 Å². The smallest absolute Gasteiger partial charge is 0.239 e. The maximum Gasteiger partial charge on any atom is 0.239 e. The van der Waals surface area contributed by atoms with Crippen molar-refractivity contribution in [3.63, 3.8) is 0 Å². The average molecular weight is 226 g/mol. The number of nitrogens with zero attached hydrogens (tertiary/aromatic N) is 1. The minimum Gasteiger partial charge on any atom is -0.378 e. The molecule has 16 heavy (non-hydrogen) atoms. The summed E-state index contributed by atoms with van der Waals surface area (Å²) in [6, 6.07) is 0.0484. The third-order valence-corrected chi connectivity index (χ3v) is 3.64. The second-order valence-corrected chi connectivity index (χ2v) is 4.73. The fourth-order valence-corrected chi connectivity index (χ4v) is 2.56. The molecule has 2 fully saturated rings. The van der Waals surface area contributed by atoms with Gasteiger partial charge in [0, 0.05) is 19.7 Å². The van der Waals surface area contributed by atoms with E-state index < -0.39 is 0 Å². The van der Waals surface area contributed by atoms with Gasteiger partial charge in [0.2, 0.25) is 5.91 Å². The molecule has 0 aromatic carbocycles. The van der Waals surface area contributed by atoms with E-state index in [2.05, 4.69) is 5.32 Å². The number of carbonyl (C=O) groups excluding carboxylic acids is 1. The van der Waals surface area contributed by atoms with Gasteiger partial charge in [-0.25, -0.2) is 0 Å². The van der Waals surface area contributed by atoms with Crippen molar-refractivity contribution in [1.29, 1.82) is 0 Å². The fraction of sp³-hybridized carbons (Fsp3) is 0.917. The molecule has 0 aromatic rings. The Morgan fingerprint density at radius 1 is 1.44 bits per heavy atom. The SMILES string of the molecule is CNC1CCN(CCC2CCCCO2)C1=O. The van der Waals surface area contributed by atoms with Crippen LogP contribution >= 0.6 is 0 Å². The molecule has 2 unspecified atom stereocenters. The van der Waals surface area contributed by atoms with Crippen LogP contribution in [0.1, 0.15) is 32.1 Å². The number of ether oxygens (including phenoxy) is 1. The lowest BCUT2D eigenvalue weighted by molar-refractivity contribution is -0.129. The van der Waals surface area contributed by atoms with Crippen LogP contribution in [0.2, 0.25) is 0 Å². The van der Waals surface area contributed by atoms with Crippen LogP contribution < -0.4 is 5.32 Å². The van der Waals surface area contributed by atoms with E-state index in [4.69, 9.17) is 4.74 Å². The molecule has 0 spiro atoms. The molecule has 2 saturated heterocycles. The van der Waals surface area contributed by atoms with E-state index in [0.717, 1.165) is 39.0 Å². The van der Waals surface area contributed by atoms with E-state index in [9.17, 15) is 4.79 Å². The normalized spacial score (nSPS) is 31.1. The highest BCUT2D eigenvalue weighted by atomic mass is 16.5. The Hall–Kier alpha value is -0.610. The number of nitrogens with one attached hydrogen (secondary N) is 1. The van der Waals surface area contributed by atoms with Crippen LogP contribution in [0.5, 0.6) is 0 Å². The lowest BCUT2D eigenvalue weighted by atomic mass is 10.1. The van der Waals surface area contributed by atoms with Gasteiger partial charge in [-0.15, -0.1) is 0 Å². The Morgan fingerprint density at radius 2 is 2.31 bits per heavy atom. The summed E-state index contributed by atoms with van der Waals surface area (Å²) in [6.07, 6.45) is 5.97. The van der Waals surface area contributed by atoms with E-state index in [1.54, 1.807) is 0 Å². The molecule has 2 aliphatic rings. The molecule has 2 rings (SSSR count). The van der Waals surface area contributed by atoms with Crippen molar-refractivity contribution in [2.45, 2.75) is 44.2 Å². The van der Waals surface area contributed by atoms with Crippen LogP contribution in [0.3, 0.4) is 0 Å². The maximum absolute atomic E-state index is 11.8. The van der Waals surface area contributed by atoms with E-state index in [0.29, 0.717) is 6.10 Å². The number of carbonyl (C=O) groups is 1. The van der Waals surface area contributed by atoms with Crippen molar-refractivity contribution in [3.05, 3.63) is 0 Å². The number of hydrogen-bond donors (Lipinski definition) is 1. The highest BCUT2D eigenvalue weighted by Crippen LogP contribution is 2.18. The van der Waals surface area contributed by atoms with Crippen LogP contribution in [0, 0.1) is 0 Å². The summed E-state index contributed by atoms with van der Waals surface area (Å²) in [5.74, 6) is 0.262. The number of amides is 1. The Bertz CT molecular complexity index is 239. The van der Waals surface area contributed by atoms with Crippen LogP contribution in [0.25, 0.3) is 0 Å². The van der Waals surface area contributed by atoms with Gasteiger partial charge in [0.15, 0.2) is 0 Å². The highest BCUT2D eigenvalue weighted by Gasteiger charge is 2.30. The zero-order valence-corrected chi connectivity index (χ0v) is 10.1. The molecule has 1 amide bonds. The Morgan fingerprint density at radius 3 is 2.94 bits per heavy atom. The Labute approximate surface area is 97.3 Å². The van der Waals surface area contributed by atoms with Gasteiger partial charge in [0.25, 0.3) is 0 Å². The van der Waals surface area contributed by atoms with Gasteiger partial charge in [-0.3, -0.25) is 4.79 Å². The first-order valence-corrected chi connectivity index (χ1v) is 6.39. The number of likely N-dealkylation sites (tertiary alicyclic amines) is 1. The highest BCUT2D eigenvalue weighted by molar-refractivity contribution is 5.83. The molecular weight excluding hydrogens is 204 g/mol. The van der Waals surface area contributed by atoms with E-state index >= 15 is 0 Å². The van der Waals surface area contributed by atoms with E-state index in [1.165, 1.54) is 12.8 Å². The molecule has 0 saturated carbocycles. The number of rotatable bonds is 4. The van der Waals surface area contributed by atoms with Gasteiger partial charge >= 0.3 is 0 Å². The van der Waals surface area contributed by atoms with Gasteiger partial charge in [-0.2, -0.15) is 0 Å². The van der Waals surface area contributed by atoms with Crippen LogP contribution in [-0.4, -0.2) is 49.7 Å². The van der Waals surface area contributed by atoms with E-state index in [1.807, 2.05) is 11.9 Å². The molecule has 4 nitrogen and oxygen atoms in total. The van der Waals surface area contributed by atoms with Gasteiger partial charge in [-0.1, -0.05) is 0 Å². The molecule has 92 valence electrons. The largest absolute Gasteiger partial charge is 0.378 e. The molecule has 0 bridgehead atoms. The minimum absolute atomic E-state index is 0.0484. The van der Waals surface area contributed by atoms with Gasteiger partial charge < -0.3 is 15.0 Å². The first-order valence-electron chi connectivity index (χ1n) is 6.39. The second kappa shape index (κ2) is 5.64. The van der Waals surface area contributed by atoms with Crippen molar-refractivity contribution in [2.75, 3.05) is 26.7 Å². The summed E-state index contributed by atoms with van der Waals surface area (Å²) in [6.45, 7) is 2.66. The summed E-state index contributed by atoms with van der Waals surface area (Å²) in [4.78, 5) is 13.8. The zero-order valence-electron chi connectivity index (χ0n) is 10.1. The van der Waals surface area contributed by atoms with Crippen LogP contribution in [-0.2, 0) is 9.53 Å². The predicted octanol–water partition coefficient (Wildman–Crippen LogP) is 0.766. The molecule has 1 N–H and O–H groups in total. The lowest BCUT2D eigenvalue weighted by Gasteiger charge is -2.25. The standard InChI is InChI=1S/C12H22N2O2/c1-13-11-6-8-14(12(11)15)7-5-10-4-2-3-9-16-10/h10-11,13H,2-9H2,1H3. The van der Waals surface area contributed by atoms with Gasteiger partial charge in [0.05, 0.1) is 12.1 Å². The second-order valence-electron chi connectivity index (χ2n) is 4.73. The van der Waals surface area contributed by atoms with Crippen LogP contribution in [0.15, 0.2) is 0 Å². The molecule has 2 aliphatic heterocycles. The average Bonchev–Trinajstić information content (AvgIpc) is 2.69. The number of hydrogen-bond acceptors (Lipinski definition) is 3. The van der Waals surface area contributed by atoms with Crippen molar-refractivity contribution in [3.8, 4) is 0 Å². The fourth-order valence-electron chi connectivity index (χ4n) is 2.56. The summed E-state index contributed by atoms with van der Waals surface area (Å²) in [5.41, 5.74) is 0. The third-order valence-electron chi connectivity index (χ3n) is 3.64. The molecule has 0 aromatic heterocycles. The van der Waals surface area contributed by atoms with Crippen molar-refractivity contribution in [2.24, 2.45) is 0 Å². The molecule has 0 aliphatic carbocycles. The summed E-state index contributed by atoms with van der Waals surface area (Å²) in [5, 5.41) is 3.06. The maximum atomic E-state index is 11.8. The lowest BCUT2D eigenvalue weighted by Crippen LogP contribution is -2.37. The monoisotopic (exact) mass is 226 g/mol. The minimum atomic E-state index is 0.0484. The summed E-state index contributed by atoms with van der Waals surface area (Å²) >= 11 is 0. The van der Waals surface area contributed by atoms with Crippen LogP contribution in [0.4, 0.5) is 0 Å². The Kier molecular flexibility index (Phi) is 4.18.